The molecule has 1 aliphatic rings. The van der Waals surface area contributed by atoms with Crippen LogP contribution in [0.2, 0.25) is 0 Å². The van der Waals surface area contributed by atoms with Gasteiger partial charge in [0.15, 0.2) is 0 Å². The molecule has 0 aliphatic carbocycles. The number of nitrogens with zero attached hydrogens (tertiary/aromatic N) is 2. The second-order valence-electron chi connectivity index (χ2n) is 5.77. The summed E-state index contributed by atoms with van der Waals surface area (Å²) >= 11 is 0. The fraction of sp³-hybridized carbons (Fsp3) is 0.500. The van der Waals surface area contributed by atoms with Gasteiger partial charge >= 0.3 is 0 Å². The van der Waals surface area contributed by atoms with Gasteiger partial charge in [0.2, 0.25) is 0 Å². The van der Waals surface area contributed by atoms with Crippen LogP contribution in [0.25, 0.3) is 0 Å². The first-order valence-corrected chi connectivity index (χ1v) is 6.49. The van der Waals surface area contributed by atoms with Crippen molar-refractivity contribution in [1.29, 1.82) is 0 Å². The standard InChI is InChI=1S/C16H26N2/c1-9-14-15(11-12(3)16(5,6)7)18(10-2)13(4)17(14)8/h9,11H,1,4,10H2,2-3,5-8H3/b12-11+. The van der Waals surface area contributed by atoms with Crippen molar-refractivity contribution in [2.24, 2.45) is 5.41 Å². The zero-order valence-electron chi connectivity index (χ0n) is 12.7. The van der Waals surface area contributed by atoms with Gasteiger partial charge in [0.1, 0.15) is 5.82 Å². The first-order valence-electron chi connectivity index (χ1n) is 6.49. The molecule has 0 fully saturated rings. The van der Waals surface area contributed by atoms with E-state index < -0.39 is 0 Å². The molecular weight excluding hydrogens is 220 g/mol. The number of likely N-dealkylation sites (N-methyl/N-ethyl adjacent to an activating group) is 2. The SMILES string of the molecule is C=CC1=C(/C=C(\C)C(C)(C)C)N(CC)C(=C)N1C. The van der Waals surface area contributed by atoms with Crippen LogP contribution in [-0.4, -0.2) is 23.4 Å². The molecule has 0 atom stereocenters. The Bertz CT molecular complexity index is 419. The van der Waals surface area contributed by atoms with E-state index in [0.29, 0.717) is 0 Å². The van der Waals surface area contributed by atoms with Gasteiger partial charge < -0.3 is 9.80 Å². The molecule has 0 aromatic rings. The Kier molecular flexibility index (Phi) is 4.10. The minimum Gasteiger partial charge on any atom is -0.330 e. The molecule has 0 unspecified atom stereocenters. The molecule has 1 aliphatic heterocycles. The monoisotopic (exact) mass is 246 g/mol. The molecule has 1 rings (SSSR count). The third kappa shape index (κ3) is 2.53. The largest absolute Gasteiger partial charge is 0.330 e. The molecule has 2 heteroatoms. The van der Waals surface area contributed by atoms with Crippen LogP contribution in [0.15, 0.2) is 48.1 Å². The lowest BCUT2D eigenvalue weighted by Gasteiger charge is -2.24. The van der Waals surface area contributed by atoms with Crippen molar-refractivity contribution in [3.8, 4) is 0 Å². The van der Waals surface area contributed by atoms with E-state index in [1.54, 1.807) is 0 Å². The average molecular weight is 246 g/mol. The smallest absolute Gasteiger partial charge is 0.105 e. The highest BCUT2D eigenvalue weighted by Gasteiger charge is 2.27. The minimum absolute atomic E-state index is 0.182. The molecule has 0 radical (unpaired) electrons. The summed E-state index contributed by atoms with van der Waals surface area (Å²) in [6.07, 6.45) is 4.16. The van der Waals surface area contributed by atoms with Gasteiger partial charge in [0.25, 0.3) is 0 Å². The van der Waals surface area contributed by atoms with Gasteiger partial charge in [-0.3, -0.25) is 0 Å². The van der Waals surface area contributed by atoms with Gasteiger partial charge in [-0.15, -0.1) is 0 Å². The van der Waals surface area contributed by atoms with Gasteiger partial charge in [0.05, 0.1) is 11.4 Å². The molecule has 0 amide bonds. The maximum absolute atomic E-state index is 4.14. The highest BCUT2D eigenvalue weighted by atomic mass is 15.4. The zero-order valence-corrected chi connectivity index (χ0v) is 12.7. The van der Waals surface area contributed by atoms with Crippen molar-refractivity contribution in [2.75, 3.05) is 13.6 Å². The Balaban J connectivity index is 3.29. The molecule has 0 N–H and O–H groups in total. The van der Waals surface area contributed by atoms with E-state index in [-0.39, 0.29) is 5.41 Å². The van der Waals surface area contributed by atoms with Crippen LogP contribution in [0.1, 0.15) is 34.6 Å². The number of hydrogen-bond donors (Lipinski definition) is 0. The van der Waals surface area contributed by atoms with E-state index >= 15 is 0 Å². The van der Waals surface area contributed by atoms with Crippen LogP contribution in [0.5, 0.6) is 0 Å². The third-order valence-electron chi connectivity index (χ3n) is 3.66. The van der Waals surface area contributed by atoms with Crippen LogP contribution >= 0.6 is 0 Å². The normalized spacial score (nSPS) is 17.9. The molecule has 0 aromatic carbocycles. The lowest BCUT2D eigenvalue weighted by Crippen LogP contribution is -2.21. The molecule has 0 bridgehead atoms. The third-order valence-corrected chi connectivity index (χ3v) is 3.66. The van der Waals surface area contributed by atoms with Crippen molar-refractivity contribution in [3.63, 3.8) is 0 Å². The van der Waals surface area contributed by atoms with Gasteiger partial charge in [-0.05, 0) is 31.4 Å². The summed E-state index contributed by atoms with van der Waals surface area (Å²) in [4.78, 5) is 4.32. The fourth-order valence-corrected chi connectivity index (χ4v) is 1.94. The first kappa shape index (κ1) is 14.6. The van der Waals surface area contributed by atoms with E-state index in [9.17, 15) is 0 Å². The van der Waals surface area contributed by atoms with E-state index in [1.807, 2.05) is 13.1 Å². The molecule has 100 valence electrons. The van der Waals surface area contributed by atoms with Crippen molar-refractivity contribution < 1.29 is 0 Å². The van der Waals surface area contributed by atoms with Crippen molar-refractivity contribution in [1.82, 2.24) is 9.80 Å². The molecule has 0 saturated carbocycles. The fourth-order valence-electron chi connectivity index (χ4n) is 1.94. The van der Waals surface area contributed by atoms with E-state index in [1.165, 1.54) is 11.3 Å². The molecule has 18 heavy (non-hydrogen) atoms. The summed E-state index contributed by atoms with van der Waals surface area (Å²) in [6, 6.07) is 0. The number of allylic oxidation sites excluding steroid dienone is 3. The average Bonchev–Trinajstić information content (AvgIpc) is 2.49. The van der Waals surface area contributed by atoms with Crippen LogP contribution < -0.4 is 0 Å². The van der Waals surface area contributed by atoms with Gasteiger partial charge in [0, 0.05) is 13.6 Å². The summed E-state index contributed by atoms with van der Waals surface area (Å²) in [5.41, 5.74) is 3.87. The second-order valence-corrected chi connectivity index (χ2v) is 5.77. The predicted molar refractivity (Wildman–Crippen MR) is 79.7 cm³/mol. The molecule has 2 nitrogen and oxygen atoms in total. The minimum atomic E-state index is 0.182. The predicted octanol–water partition coefficient (Wildman–Crippen LogP) is 4.11. The van der Waals surface area contributed by atoms with Crippen molar-refractivity contribution in [3.05, 3.63) is 48.1 Å². The molecule has 0 aromatic heterocycles. The van der Waals surface area contributed by atoms with Crippen LogP contribution in [0.3, 0.4) is 0 Å². The second kappa shape index (κ2) is 5.05. The van der Waals surface area contributed by atoms with Crippen molar-refractivity contribution >= 4 is 0 Å². The molecule has 0 saturated heterocycles. The molecule has 1 heterocycles. The van der Waals surface area contributed by atoms with E-state index in [2.05, 4.69) is 63.7 Å². The Morgan fingerprint density at radius 2 is 1.83 bits per heavy atom. The van der Waals surface area contributed by atoms with Gasteiger partial charge in [-0.25, -0.2) is 0 Å². The van der Waals surface area contributed by atoms with E-state index in [4.69, 9.17) is 0 Å². The quantitative estimate of drug-likeness (QED) is 0.739. The summed E-state index contributed by atoms with van der Waals surface area (Å²) in [5, 5.41) is 0. The number of hydrogen-bond acceptors (Lipinski definition) is 2. The number of rotatable bonds is 3. The zero-order chi connectivity index (χ0) is 14.1. The summed E-state index contributed by atoms with van der Waals surface area (Å²) in [5.74, 6) is 1.01. The molecule has 0 spiro atoms. The molecular formula is C16H26N2. The Hall–Kier alpha value is -1.44. The Morgan fingerprint density at radius 3 is 2.22 bits per heavy atom. The maximum atomic E-state index is 4.14. The van der Waals surface area contributed by atoms with Crippen LogP contribution in [-0.2, 0) is 0 Å². The van der Waals surface area contributed by atoms with Gasteiger partial charge in [-0.1, -0.05) is 39.5 Å². The topological polar surface area (TPSA) is 6.48 Å². The van der Waals surface area contributed by atoms with Crippen LogP contribution in [0.4, 0.5) is 0 Å². The highest BCUT2D eigenvalue weighted by Crippen LogP contribution is 2.34. The maximum Gasteiger partial charge on any atom is 0.105 e. The van der Waals surface area contributed by atoms with E-state index in [0.717, 1.165) is 18.1 Å². The Labute approximate surface area is 112 Å². The van der Waals surface area contributed by atoms with Gasteiger partial charge in [-0.2, -0.15) is 0 Å². The van der Waals surface area contributed by atoms with Crippen LogP contribution in [0, 0.1) is 5.41 Å². The van der Waals surface area contributed by atoms with Crippen molar-refractivity contribution in [2.45, 2.75) is 34.6 Å². The lowest BCUT2D eigenvalue weighted by molar-refractivity contribution is 0.393. The summed E-state index contributed by atoms with van der Waals surface area (Å²) in [7, 11) is 2.04. The summed E-state index contributed by atoms with van der Waals surface area (Å²) in [6.45, 7) is 20.0. The summed E-state index contributed by atoms with van der Waals surface area (Å²) < 4.78 is 0. The Morgan fingerprint density at radius 1 is 1.28 bits per heavy atom. The highest BCUT2D eigenvalue weighted by molar-refractivity contribution is 5.41. The lowest BCUT2D eigenvalue weighted by atomic mass is 9.87. The first-order chi connectivity index (χ1) is 8.23.